The minimum absolute atomic E-state index is 0.114. The molecule has 0 spiro atoms. The van der Waals surface area contributed by atoms with Gasteiger partial charge in [0.15, 0.2) is 0 Å². The Kier molecular flexibility index (Phi) is 4.84. The molecule has 0 amide bonds. The molecule has 1 nitrogen and oxygen atoms in total. The molecule has 0 fully saturated rings. The highest BCUT2D eigenvalue weighted by Gasteiger charge is 2.15. The molecule has 2 rings (SSSR count). The van der Waals surface area contributed by atoms with E-state index in [1.54, 1.807) is 18.2 Å². The van der Waals surface area contributed by atoms with E-state index in [1.165, 1.54) is 0 Å². The number of rotatable bonds is 4. The zero-order chi connectivity index (χ0) is 14.7. The Bertz CT molecular complexity index is 617. The van der Waals surface area contributed by atoms with E-state index in [1.807, 2.05) is 6.92 Å². The van der Waals surface area contributed by atoms with Gasteiger partial charge in [-0.1, -0.05) is 36.2 Å². The van der Waals surface area contributed by atoms with Crippen molar-refractivity contribution < 1.29 is 8.78 Å². The Hall–Kier alpha value is -1.32. The van der Waals surface area contributed by atoms with Gasteiger partial charge in [0, 0.05) is 10.0 Å². The molecule has 0 saturated carbocycles. The molecule has 106 valence electrons. The Morgan fingerprint density at radius 1 is 1.10 bits per heavy atom. The summed E-state index contributed by atoms with van der Waals surface area (Å²) < 4.78 is 26.8. The fraction of sp³-hybridized carbons (Fsp3) is 0.200. The number of hydrogen-bond acceptors (Lipinski definition) is 1. The molecule has 5 heteroatoms. The van der Waals surface area contributed by atoms with Crippen LogP contribution < -0.4 is 5.32 Å². The molecule has 0 aliphatic carbocycles. The van der Waals surface area contributed by atoms with Crippen molar-refractivity contribution in [3.8, 4) is 0 Å². The third-order valence-corrected chi connectivity index (χ3v) is 3.57. The second-order valence-electron chi connectivity index (χ2n) is 4.40. The van der Waals surface area contributed by atoms with E-state index >= 15 is 0 Å². The number of halogens is 4. The third-order valence-electron chi connectivity index (χ3n) is 3.00. The van der Waals surface area contributed by atoms with E-state index in [0.717, 1.165) is 23.8 Å². The maximum Gasteiger partial charge on any atom is 0.146 e. The van der Waals surface area contributed by atoms with Crippen LogP contribution >= 0.6 is 23.2 Å². The van der Waals surface area contributed by atoms with Gasteiger partial charge in [-0.05, 0) is 42.3 Å². The van der Waals surface area contributed by atoms with Gasteiger partial charge < -0.3 is 5.32 Å². The second-order valence-corrected chi connectivity index (χ2v) is 5.24. The van der Waals surface area contributed by atoms with Crippen LogP contribution in [0, 0.1) is 11.6 Å². The first-order valence-electron chi connectivity index (χ1n) is 6.17. The van der Waals surface area contributed by atoms with Gasteiger partial charge in [0.05, 0.1) is 11.7 Å². The monoisotopic (exact) mass is 315 g/mol. The van der Waals surface area contributed by atoms with Crippen LogP contribution in [0.25, 0.3) is 0 Å². The lowest BCUT2D eigenvalue weighted by Crippen LogP contribution is -2.11. The van der Waals surface area contributed by atoms with Crippen molar-refractivity contribution in [1.29, 1.82) is 0 Å². The van der Waals surface area contributed by atoms with Crippen LogP contribution in [0.1, 0.15) is 24.9 Å². The highest BCUT2D eigenvalue weighted by molar-refractivity contribution is 6.35. The molecule has 0 heterocycles. The first-order valence-corrected chi connectivity index (χ1v) is 6.93. The fourth-order valence-corrected chi connectivity index (χ4v) is 2.52. The number of nitrogens with one attached hydrogen (secondary N) is 1. The Balaban J connectivity index is 2.31. The van der Waals surface area contributed by atoms with E-state index in [4.69, 9.17) is 23.2 Å². The quantitative estimate of drug-likeness (QED) is 0.748. The topological polar surface area (TPSA) is 12.0 Å². The van der Waals surface area contributed by atoms with Crippen molar-refractivity contribution in [3.05, 3.63) is 63.6 Å². The van der Waals surface area contributed by atoms with Gasteiger partial charge in [0.1, 0.15) is 11.6 Å². The molecule has 0 aliphatic heterocycles. The van der Waals surface area contributed by atoms with Crippen molar-refractivity contribution in [2.75, 3.05) is 5.32 Å². The van der Waals surface area contributed by atoms with Crippen LogP contribution in [0.15, 0.2) is 36.4 Å². The fourth-order valence-electron chi connectivity index (χ4n) is 1.98. The van der Waals surface area contributed by atoms with Gasteiger partial charge >= 0.3 is 0 Å². The van der Waals surface area contributed by atoms with Crippen LogP contribution in [0.3, 0.4) is 0 Å². The summed E-state index contributed by atoms with van der Waals surface area (Å²) in [6, 6.07) is 8.20. The molecule has 2 aromatic rings. The van der Waals surface area contributed by atoms with Gasteiger partial charge in [0.25, 0.3) is 0 Å². The number of benzene rings is 2. The Morgan fingerprint density at radius 2 is 1.85 bits per heavy atom. The van der Waals surface area contributed by atoms with Gasteiger partial charge in [-0.15, -0.1) is 0 Å². The highest BCUT2D eigenvalue weighted by Crippen LogP contribution is 2.31. The third kappa shape index (κ3) is 3.41. The van der Waals surface area contributed by atoms with Gasteiger partial charge in [-0.25, -0.2) is 8.78 Å². The lowest BCUT2D eigenvalue weighted by Gasteiger charge is -2.20. The van der Waals surface area contributed by atoms with Crippen LogP contribution in [0.4, 0.5) is 14.5 Å². The Morgan fingerprint density at radius 3 is 2.50 bits per heavy atom. The molecule has 2 aromatic carbocycles. The average molecular weight is 316 g/mol. The van der Waals surface area contributed by atoms with Crippen LogP contribution in [-0.2, 0) is 0 Å². The molecule has 0 radical (unpaired) electrons. The maximum atomic E-state index is 13.7. The van der Waals surface area contributed by atoms with E-state index in [-0.39, 0.29) is 11.7 Å². The largest absolute Gasteiger partial charge is 0.376 e. The predicted molar refractivity (Wildman–Crippen MR) is 79.5 cm³/mol. The highest BCUT2D eigenvalue weighted by atomic mass is 35.5. The molecule has 0 saturated heterocycles. The van der Waals surface area contributed by atoms with Gasteiger partial charge in [-0.2, -0.15) is 0 Å². The lowest BCUT2D eigenvalue weighted by molar-refractivity contribution is 0.598. The first kappa shape index (κ1) is 15.1. The molecule has 1 atom stereocenters. The molecule has 1 unspecified atom stereocenters. The molecular formula is C15H13Cl2F2N. The van der Waals surface area contributed by atoms with Crippen molar-refractivity contribution >= 4 is 28.9 Å². The second kappa shape index (κ2) is 6.42. The van der Waals surface area contributed by atoms with Crippen molar-refractivity contribution in [1.82, 2.24) is 0 Å². The summed E-state index contributed by atoms with van der Waals surface area (Å²) in [7, 11) is 0. The Labute approximate surface area is 126 Å². The normalized spacial score (nSPS) is 12.2. The molecule has 0 bridgehead atoms. The summed E-state index contributed by atoms with van der Waals surface area (Å²) >= 11 is 12.0. The zero-order valence-electron chi connectivity index (χ0n) is 10.8. The number of hydrogen-bond donors (Lipinski definition) is 1. The van der Waals surface area contributed by atoms with Gasteiger partial charge in [0.2, 0.25) is 0 Å². The summed E-state index contributed by atoms with van der Waals surface area (Å²) in [4.78, 5) is 0. The first-order chi connectivity index (χ1) is 9.51. The number of anilines is 1. The predicted octanol–water partition coefficient (Wildman–Crippen LogP) is 5.83. The molecule has 1 N–H and O–H groups in total. The standard InChI is InChI=1S/C15H13Cl2F2N/c1-2-14(11-5-3-9(16)7-12(11)17)20-15-8-10(18)4-6-13(15)19/h3-8,14,20H,2H2,1H3. The summed E-state index contributed by atoms with van der Waals surface area (Å²) in [5.41, 5.74) is 0.907. The van der Waals surface area contributed by atoms with E-state index in [0.29, 0.717) is 16.5 Å². The minimum Gasteiger partial charge on any atom is -0.376 e. The van der Waals surface area contributed by atoms with Gasteiger partial charge in [-0.3, -0.25) is 0 Å². The van der Waals surface area contributed by atoms with Crippen LogP contribution in [0.2, 0.25) is 10.0 Å². The lowest BCUT2D eigenvalue weighted by atomic mass is 10.0. The maximum absolute atomic E-state index is 13.7. The van der Waals surface area contributed by atoms with Crippen molar-refractivity contribution in [3.63, 3.8) is 0 Å². The van der Waals surface area contributed by atoms with E-state index in [9.17, 15) is 8.78 Å². The molecule has 0 aromatic heterocycles. The van der Waals surface area contributed by atoms with E-state index in [2.05, 4.69) is 5.32 Å². The van der Waals surface area contributed by atoms with Crippen LogP contribution in [0.5, 0.6) is 0 Å². The van der Waals surface area contributed by atoms with Crippen LogP contribution in [-0.4, -0.2) is 0 Å². The smallest absolute Gasteiger partial charge is 0.146 e. The zero-order valence-corrected chi connectivity index (χ0v) is 12.3. The van der Waals surface area contributed by atoms with Crippen molar-refractivity contribution in [2.45, 2.75) is 19.4 Å². The minimum atomic E-state index is -0.505. The summed E-state index contributed by atoms with van der Waals surface area (Å²) in [6.45, 7) is 1.93. The summed E-state index contributed by atoms with van der Waals surface area (Å²) in [5, 5.41) is 4.00. The van der Waals surface area contributed by atoms with E-state index < -0.39 is 11.6 Å². The summed E-state index contributed by atoms with van der Waals surface area (Å²) in [6.07, 6.45) is 0.664. The molecule has 20 heavy (non-hydrogen) atoms. The molecular weight excluding hydrogens is 303 g/mol. The van der Waals surface area contributed by atoms with Crippen molar-refractivity contribution in [2.24, 2.45) is 0 Å². The molecule has 0 aliphatic rings. The average Bonchev–Trinajstić information content (AvgIpc) is 2.40. The SMILES string of the molecule is CCC(Nc1cc(F)ccc1F)c1ccc(Cl)cc1Cl. The summed E-state index contributed by atoms with van der Waals surface area (Å²) in [5.74, 6) is -0.999.